The first-order valence-corrected chi connectivity index (χ1v) is 8.37. The van der Waals surface area contributed by atoms with E-state index in [0.29, 0.717) is 23.0 Å². The fraction of sp³-hybridized carbons (Fsp3) is 0.316. The Hall–Kier alpha value is -2.44. The number of hydrogen-bond acceptors (Lipinski definition) is 5. The maximum atomic E-state index is 12.3. The highest BCUT2D eigenvalue weighted by molar-refractivity contribution is 6.32. The molecule has 0 aliphatic carbocycles. The van der Waals surface area contributed by atoms with E-state index in [4.69, 9.17) is 25.8 Å². The van der Waals surface area contributed by atoms with Gasteiger partial charge in [-0.2, -0.15) is 0 Å². The number of nitrogens with one attached hydrogen (secondary N) is 1. The van der Waals surface area contributed by atoms with Crippen molar-refractivity contribution in [2.45, 2.75) is 6.54 Å². The zero-order chi connectivity index (χ0) is 19.1. The average Bonchev–Trinajstić information content (AvgIpc) is 2.62. The molecule has 0 aliphatic rings. The Labute approximate surface area is 158 Å². The first-order valence-electron chi connectivity index (χ1n) is 7.99. The number of likely N-dealkylation sites (N-methyl/N-ethyl adjacent to an activating group) is 1. The summed E-state index contributed by atoms with van der Waals surface area (Å²) < 4.78 is 15.7. The van der Waals surface area contributed by atoms with Gasteiger partial charge < -0.3 is 19.5 Å². The van der Waals surface area contributed by atoms with E-state index < -0.39 is 0 Å². The van der Waals surface area contributed by atoms with Crippen LogP contribution < -0.4 is 19.5 Å². The number of amides is 1. The average molecular weight is 379 g/mol. The van der Waals surface area contributed by atoms with Gasteiger partial charge in [0.1, 0.15) is 17.2 Å². The van der Waals surface area contributed by atoms with Crippen LogP contribution in [0.2, 0.25) is 5.02 Å². The molecule has 0 aromatic heterocycles. The topological polar surface area (TPSA) is 60.0 Å². The SMILES string of the molecule is COc1ccc(CN(C)CC(=O)Nc2ccc(OC)c(Cl)c2)c(OC)c1. The Morgan fingerprint density at radius 1 is 1.04 bits per heavy atom. The summed E-state index contributed by atoms with van der Waals surface area (Å²) in [5, 5.41) is 3.27. The molecule has 0 unspecified atom stereocenters. The predicted molar refractivity (Wildman–Crippen MR) is 103 cm³/mol. The maximum Gasteiger partial charge on any atom is 0.238 e. The van der Waals surface area contributed by atoms with Crippen LogP contribution in [0.25, 0.3) is 0 Å². The van der Waals surface area contributed by atoms with E-state index in [1.807, 2.05) is 30.1 Å². The van der Waals surface area contributed by atoms with E-state index in [2.05, 4.69) is 5.32 Å². The molecule has 140 valence electrons. The highest BCUT2D eigenvalue weighted by Gasteiger charge is 2.12. The molecule has 26 heavy (non-hydrogen) atoms. The number of rotatable bonds is 8. The van der Waals surface area contributed by atoms with Gasteiger partial charge in [0.15, 0.2) is 0 Å². The minimum atomic E-state index is -0.138. The van der Waals surface area contributed by atoms with E-state index in [1.165, 1.54) is 0 Å². The molecule has 1 N–H and O–H groups in total. The van der Waals surface area contributed by atoms with Gasteiger partial charge >= 0.3 is 0 Å². The van der Waals surface area contributed by atoms with Crippen LogP contribution in [0.1, 0.15) is 5.56 Å². The van der Waals surface area contributed by atoms with Crippen LogP contribution in [-0.2, 0) is 11.3 Å². The summed E-state index contributed by atoms with van der Waals surface area (Å²) in [5.74, 6) is 1.87. The largest absolute Gasteiger partial charge is 0.497 e. The molecule has 2 aromatic rings. The van der Waals surface area contributed by atoms with Gasteiger partial charge in [0, 0.05) is 23.9 Å². The molecule has 0 saturated carbocycles. The monoisotopic (exact) mass is 378 g/mol. The van der Waals surface area contributed by atoms with Gasteiger partial charge in [0.05, 0.1) is 32.9 Å². The Morgan fingerprint density at radius 2 is 1.77 bits per heavy atom. The summed E-state index contributed by atoms with van der Waals surface area (Å²) in [6.45, 7) is 0.781. The zero-order valence-electron chi connectivity index (χ0n) is 15.3. The molecule has 2 rings (SSSR count). The van der Waals surface area contributed by atoms with E-state index in [1.54, 1.807) is 39.5 Å². The van der Waals surface area contributed by atoms with E-state index in [-0.39, 0.29) is 12.5 Å². The molecule has 0 fully saturated rings. The lowest BCUT2D eigenvalue weighted by atomic mass is 10.2. The lowest BCUT2D eigenvalue weighted by Crippen LogP contribution is -2.30. The van der Waals surface area contributed by atoms with Gasteiger partial charge in [-0.15, -0.1) is 0 Å². The molecule has 6 nitrogen and oxygen atoms in total. The summed E-state index contributed by atoms with van der Waals surface area (Å²) in [6.07, 6.45) is 0. The number of benzene rings is 2. The first kappa shape index (κ1) is 19.9. The van der Waals surface area contributed by atoms with Crippen LogP contribution in [0.3, 0.4) is 0 Å². The Bertz CT molecular complexity index is 767. The molecule has 0 atom stereocenters. The van der Waals surface area contributed by atoms with Crippen molar-refractivity contribution in [2.75, 3.05) is 40.2 Å². The lowest BCUT2D eigenvalue weighted by molar-refractivity contribution is -0.117. The Morgan fingerprint density at radius 3 is 2.38 bits per heavy atom. The molecule has 0 saturated heterocycles. The summed E-state index contributed by atoms with van der Waals surface area (Å²) in [7, 11) is 6.63. The molecule has 0 heterocycles. The van der Waals surface area contributed by atoms with E-state index in [0.717, 1.165) is 17.1 Å². The molecule has 0 bridgehead atoms. The normalized spacial score (nSPS) is 10.5. The quantitative estimate of drug-likeness (QED) is 0.762. The second kappa shape index (κ2) is 9.31. The van der Waals surface area contributed by atoms with Gasteiger partial charge in [0.25, 0.3) is 0 Å². The lowest BCUT2D eigenvalue weighted by Gasteiger charge is -2.18. The number of ether oxygens (including phenoxy) is 3. The number of nitrogens with zero attached hydrogens (tertiary/aromatic N) is 1. The third-order valence-corrected chi connectivity index (χ3v) is 4.08. The van der Waals surface area contributed by atoms with Crippen molar-refractivity contribution in [3.8, 4) is 17.2 Å². The Balaban J connectivity index is 1.96. The second-order valence-electron chi connectivity index (χ2n) is 5.75. The summed E-state index contributed by atoms with van der Waals surface area (Å²) in [4.78, 5) is 14.1. The van der Waals surface area contributed by atoms with Crippen LogP contribution >= 0.6 is 11.6 Å². The van der Waals surface area contributed by atoms with Crippen LogP contribution in [0.15, 0.2) is 36.4 Å². The van der Waals surface area contributed by atoms with Crippen LogP contribution in [0.4, 0.5) is 5.69 Å². The first-order chi connectivity index (χ1) is 12.5. The van der Waals surface area contributed by atoms with Crippen molar-refractivity contribution in [1.82, 2.24) is 4.90 Å². The van der Waals surface area contributed by atoms with Gasteiger partial charge in [-0.3, -0.25) is 9.69 Å². The molecule has 7 heteroatoms. The smallest absolute Gasteiger partial charge is 0.238 e. The molecular formula is C19H23ClN2O4. The highest BCUT2D eigenvalue weighted by atomic mass is 35.5. The van der Waals surface area contributed by atoms with E-state index >= 15 is 0 Å². The number of halogens is 1. The van der Waals surface area contributed by atoms with E-state index in [9.17, 15) is 4.79 Å². The number of carbonyl (C=O) groups excluding carboxylic acids is 1. The minimum Gasteiger partial charge on any atom is -0.497 e. The fourth-order valence-electron chi connectivity index (χ4n) is 2.52. The van der Waals surface area contributed by atoms with Crippen molar-refractivity contribution in [3.05, 3.63) is 47.0 Å². The number of carbonyl (C=O) groups is 1. The third kappa shape index (κ3) is 5.28. The van der Waals surface area contributed by atoms with Crippen LogP contribution in [0, 0.1) is 0 Å². The molecule has 1 amide bonds. The second-order valence-corrected chi connectivity index (χ2v) is 6.15. The van der Waals surface area contributed by atoms with Crippen LogP contribution in [-0.4, -0.2) is 45.7 Å². The van der Waals surface area contributed by atoms with Crippen LogP contribution in [0.5, 0.6) is 17.2 Å². The fourth-order valence-corrected chi connectivity index (χ4v) is 2.78. The standard InChI is InChI=1S/C19H23ClN2O4/c1-22(11-13-5-7-15(24-2)10-18(13)26-4)12-19(23)21-14-6-8-17(25-3)16(20)9-14/h5-10H,11-12H2,1-4H3,(H,21,23). The third-order valence-electron chi connectivity index (χ3n) is 3.78. The van der Waals surface area contributed by atoms with Gasteiger partial charge in [0.2, 0.25) is 5.91 Å². The van der Waals surface area contributed by atoms with Crippen molar-refractivity contribution in [2.24, 2.45) is 0 Å². The molecule has 0 spiro atoms. The highest BCUT2D eigenvalue weighted by Crippen LogP contribution is 2.27. The summed E-state index contributed by atoms with van der Waals surface area (Å²) >= 11 is 6.07. The minimum absolute atomic E-state index is 0.138. The molecule has 2 aromatic carbocycles. The summed E-state index contributed by atoms with van der Waals surface area (Å²) in [6, 6.07) is 10.7. The van der Waals surface area contributed by atoms with Gasteiger partial charge in [-0.25, -0.2) is 0 Å². The van der Waals surface area contributed by atoms with Gasteiger partial charge in [-0.1, -0.05) is 17.7 Å². The molecular weight excluding hydrogens is 356 g/mol. The number of methoxy groups -OCH3 is 3. The summed E-state index contributed by atoms with van der Waals surface area (Å²) in [5.41, 5.74) is 1.59. The molecule has 0 aliphatic heterocycles. The van der Waals surface area contributed by atoms with Crippen molar-refractivity contribution in [3.63, 3.8) is 0 Å². The molecule has 0 radical (unpaired) electrons. The maximum absolute atomic E-state index is 12.3. The number of anilines is 1. The number of hydrogen-bond donors (Lipinski definition) is 1. The zero-order valence-corrected chi connectivity index (χ0v) is 16.1. The van der Waals surface area contributed by atoms with Gasteiger partial charge in [-0.05, 0) is 31.3 Å². The Kier molecular flexibility index (Phi) is 7.12. The van der Waals surface area contributed by atoms with Crippen molar-refractivity contribution >= 4 is 23.2 Å². The van der Waals surface area contributed by atoms with Crippen molar-refractivity contribution < 1.29 is 19.0 Å². The van der Waals surface area contributed by atoms with Crippen molar-refractivity contribution in [1.29, 1.82) is 0 Å². The predicted octanol–water partition coefficient (Wildman–Crippen LogP) is 3.44.